The molecule has 2 heterocycles. The van der Waals surface area contributed by atoms with Crippen molar-refractivity contribution in [3.8, 4) is 50.7 Å². The van der Waals surface area contributed by atoms with Crippen molar-refractivity contribution in [3.63, 3.8) is 0 Å². The van der Waals surface area contributed by atoms with Crippen LogP contribution >= 0.6 is 0 Å². The fourth-order valence-corrected chi connectivity index (χ4v) is 7.79. The van der Waals surface area contributed by atoms with Crippen molar-refractivity contribution < 1.29 is 30.6 Å². The number of aromatic hydroxyl groups is 1. The number of nitrogens with zero attached hydrogens (tertiary/aromatic N) is 2. The average molecular weight is 955 g/mol. The zero-order valence-electron chi connectivity index (χ0n) is 35.1. The molecule has 0 aliphatic carbocycles. The molecule has 2 aromatic heterocycles. The Hall–Kier alpha value is -5.57. The first kappa shape index (κ1) is 41.6. The molecule has 0 aliphatic rings. The Morgan fingerprint density at radius 2 is 1.24 bits per heavy atom. The Balaban J connectivity index is 0.00000528. The first-order chi connectivity index (χ1) is 27.6. The summed E-state index contributed by atoms with van der Waals surface area (Å²) >= 11 is 0. The van der Waals surface area contributed by atoms with Gasteiger partial charge in [-0.05, 0) is 68.8 Å². The molecule has 0 amide bonds. The summed E-state index contributed by atoms with van der Waals surface area (Å²) < 4.78 is 6.49. The Labute approximate surface area is 363 Å². The summed E-state index contributed by atoms with van der Waals surface area (Å²) in [6, 6.07) is 52.6. The fraction of sp³-hybridized carbons (Fsp3) is 0.222. The Morgan fingerprint density at radius 3 is 1.92 bits per heavy atom. The second-order valence-electron chi connectivity index (χ2n) is 18.1. The molecule has 0 saturated carbocycles. The van der Waals surface area contributed by atoms with Crippen LogP contribution in [0.15, 0.2) is 150 Å². The zero-order valence-corrected chi connectivity index (χ0v) is 37.4. The first-order valence-electron chi connectivity index (χ1n) is 20.2. The number of phenolic OH excluding ortho intramolecular Hbond substituents is 1. The number of phenols is 1. The normalized spacial score (nSPS) is 12.1. The molecule has 0 bridgehead atoms. The predicted molar refractivity (Wildman–Crippen MR) is 239 cm³/mol. The van der Waals surface area contributed by atoms with Gasteiger partial charge in [0.1, 0.15) is 11.3 Å². The van der Waals surface area contributed by atoms with Crippen LogP contribution in [0.2, 0.25) is 0 Å². The van der Waals surface area contributed by atoms with Crippen LogP contribution in [-0.4, -0.2) is 15.1 Å². The third kappa shape index (κ3) is 8.61. The van der Waals surface area contributed by atoms with Crippen molar-refractivity contribution >= 4 is 11.1 Å². The fourth-order valence-electron chi connectivity index (χ4n) is 7.79. The van der Waals surface area contributed by atoms with Crippen LogP contribution in [0, 0.1) is 6.07 Å². The van der Waals surface area contributed by atoms with E-state index >= 15 is 0 Å². The molecule has 6 aromatic carbocycles. The van der Waals surface area contributed by atoms with Gasteiger partial charge in [0.05, 0.1) is 11.1 Å². The van der Waals surface area contributed by atoms with Gasteiger partial charge in [0.2, 0.25) is 5.89 Å². The molecule has 59 heavy (non-hydrogen) atoms. The van der Waals surface area contributed by atoms with Crippen LogP contribution in [0.3, 0.4) is 0 Å². The van der Waals surface area contributed by atoms with E-state index in [-0.39, 0.29) is 43.1 Å². The van der Waals surface area contributed by atoms with Gasteiger partial charge in [-0.2, -0.15) is 0 Å². The number of oxazole rings is 1. The molecule has 8 rings (SSSR count). The minimum absolute atomic E-state index is 0. The second-order valence-corrected chi connectivity index (χ2v) is 18.1. The molecule has 5 heteroatoms. The maximum atomic E-state index is 11.7. The maximum Gasteiger partial charge on any atom is 0.230 e. The van der Waals surface area contributed by atoms with Crippen LogP contribution in [0.5, 0.6) is 5.75 Å². The van der Waals surface area contributed by atoms with Crippen molar-refractivity contribution in [1.29, 1.82) is 0 Å². The third-order valence-corrected chi connectivity index (χ3v) is 11.4. The van der Waals surface area contributed by atoms with Crippen molar-refractivity contribution in [1.82, 2.24) is 9.97 Å². The van der Waals surface area contributed by atoms with Crippen molar-refractivity contribution in [2.75, 3.05) is 0 Å². The van der Waals surface area contributed by atoms with E-state index in [0.717, 1.165) is 62.1 Å². The summed E-state index contributed by atoms with van der Waals surface area (Å²) in [7, 11) is 0. The van der Waals surface area contributed by atoms with E-state index in [1.165, 1.54) is 16.7 Å². The van der Waals surface area contributed by atoms with Gasteiger partial charge in [0, 0.05) is 43.9 Å². The van der Waals surface area contributed by atoms with Gasteiger partial charge in [-0.25, -0.2) is 4.98 Å². The van der Waals surface area contributed by atoms with Crippen molar-refractivity contribution in [2.24, 2.45) is 0 Å². The molecule has 0 atom stereocenters. The number of rotatable bonds is 8. The Bertz CT molecular complexity index is 2740. The molecular formula is C54H51N2O2Pt-. The van der Waals surface area contributed by atoms with Crippen LogP contribution in [0.4, 0.5) is 0 Å². The number of hydrogen-bond acceptors (Lipinski definition) is 4. The molecule has 0 unspecified atom stereocenters. The molecule has 4 nitrogen and oxygen atoms in total. The quantitative estimate of drug-likeness (QED) is 0.154. The second kappa shape index (κ2) is 16.2. The van der Waals surface area contributed by atoms with Crippen LogP contribution < -0.4 is 0 Å². The monoisotopic (exact) mass is 954 g/mol. The zero-order chi connectivity index (χ0) is 40.8. The number of aromatic nitrogens is 2. The van der Waals surface area contributed by atoms with E-state index in [4.69, 9.17) is 14.4 Å². The van der Waals surface area contributed by atoms with E-state index in [9.17, 15) is 5.11 Å². The van der Waals surface area contributed by atoms with Crippen LogP contribution in [-0.2, 0) is 43.7 Å². The van der Waals surface area contributed by atoms with Crippen molar-refractivity contribution in [3.05, 3.63) is 185 Å². The molecule has 8 aromatic rings. The van der Waals surface area contributed by atoms with E-state index in [1.54, 1.807) is 0 Å². The molecule has 0 radical (unpaired) electrons. The molecule has 0 fully saturated rings. The summed E-state index contributed by atoms with van der Waals surface area (Å²) in [6.07, 6.45) is 2.63. The standard InChI is InChI=1S/C54H51N2O2.Pt/c1-52(2,3)43-33-45(50(57)46(34-43)53(4,5)6)51-56-49-44(20-15-21-48(49)58-51)39-29-36(28-35-16-11-9-12-17-35)30-40(31-39)47-32-38(26-27-55-47)37-22-24-42(25-23-37)54(7,8)41-18-13-10-14-19-41;/h9-27,29-30,32-34,57H,28H2,1-8H3;/q-1;. The van der Waals surface area contributed by atoms with Gasteiger partial charge in [0.25, 0.3) is 0 Å². The van der Waals surface area contributed by atoms with E-state index in [0.29, 0.717) is 17.0 Å². The predicted octanol–water partition coefficient (Wildman–Crippen LogP) is 13.9. The van der Waals surface area contributed by atoms with Gasteiger partial charge in [-0.15, -0.1) is 29.3 Å². The average Bonchev–Trinajstić information content (AvgIpc) is 3.65. The van der Waals surface area contributed by atoms with E-state index in [2.05, 4.69) is 177 Å². The minimum atomic E-state index is -0.282. The maximum absolute atomic E-state index is 11.7. The SMILES string of the molecule is CC(C)(C)c1cc(-c2nc3c(-c4[c-]c(-c5cc(-c6ccc(C(C)(C)c7ccccc7)cc6)ccn5)cc(Cc5ccccc5)c4)cccc3o2)c(O)c(C(C)(C)C)c1.[Pt]. The van der Waals surface area contributed by atoms with Gasteiger partial charge < -0.3 is 9.52 Å². The van der Waals surface area contributed by atoms with Gasteiger partial charge in [-0.1, -0.05) is 176 Å². The summed E-state index contributed by atoms with van der Waals surface area (Å²) in [5.74, 6) is 0.595. The molecule has 0 saturated heterocycles. The molecular weight excluding hydrogens is 904 g/mol. The molecule has 0 spiro atoms. The van der Waals surface area contributed by atoms with Gasteiger partial charge in [0.15, 0.2) is 0 Å². The van der Waals surface area contributed by atoms with Gasteiger partial charge >= 0.3 is 0 Å². The summed E-state index contributed by atoms with van der Waals surface area (Å²) in [6.45, 7) is 17.5. The summed E-state index contributed by atoms with van der Waals surface area (Å²) in [5, 5.41) is 11.7. The molecule has 1 N–H and O–H groups in total. The van der Waals surface area contributed by atoms with Gasteiger partial charge in [-0.3, -0.25) is 4.98 Å². The number of pyridine rings is 1. The van der Waals surface area contributed by atoms with Crippen LogP contribution in [0.1, 0.15) is 88.8 Å². The number of para-hydroxylation sites is 1. The van der Waals surface area contributed by atoms with E-state index < -0.39 is 0 Å². The summed E-state index contributed by atoms with van der Waals surface area (Å²) in [4.78, 5) is 10.0. The van der Waals surface area contributed by atoms with Crippen LogP contribution in [0.25, 0.3) is 56.1 Å². The number of benzene rings is 6. The molecule has 0 aliphatic heterocycles. The first-order valence-corrected chi connectivity index (χ1v) is 20.2. The molecule has 300 valence electrons. The number of fused-ring (bicyclic) bond motifs is 1. The largest absolute Gasteiger partial charge is 0.507 e. The van der Waals surface area contributed by atoms with Crippen molar-refractivity contribution in [2.45, 2.75) is 78.1 Å². The third-order valence-electron chi connectivity index (χ3n) is 11.4. The van der Waals surface area contributed by atoms with E-state index in [1.807, 2.05) is 30.5 Å². The Kier molecular flexibility index (Phi) is 11.4. The smallest absolute Gasteiger partial charge is 0.230 e. The Morgan fingerprint density at radius 1 is 0.576 bits per heavy atom. The number of hydrogen-bond donors (Lipinski definition) is 1. The topological polar surface area (TPSA) is 59.2 Å². The minimum Gasteiger partial charge on any atom is -0.507 e. The summed E-state index contributed by atoms with van der Waals surface area (Å²) in [5.41, 5.74) is 14.1.